The van der Waals surface area contributed by atoms with Gasteiger partial charge in [0.2, 0.25) is 0 Å². The first-order valence-corrected chi connectivity index (χ1v) is 10.1. The molecule has 1 atom stereocenters. The van der Waals surface area contributed by atoms with Gasteiger partial charge in [0.1, 0.15) is 29.9 Å². The number of hydrogen-bond acceptors (Lipinski definition) is 7. The second-order valence-electron chi connectivity index (χ2n) is 7.79. The molecular formula is C21H22F2N6O3. The van der Waals surface area contributed by atoms with Crippen molar-refractivity contribution in [3.63, 3.8) is 0 Å². The standard InChI is InChI=1S/C21H22F2N6O3/c22-16-1-6-19(20(23)11-16)21(30,13-28-15-24-14-25-28)12-26-7-9-27(10-8-26)17-2-4-18(5-3-17)29(31)32/h1-6,11,14-15,30H,7-10,12-13H2. The predicted molar refractivity (Wildman–Crippen MR) is 112 cm³/mol. The average molecular weight is 444 g/mol. The first-order valence-electron chi connectivity index (χ1n) is 10.1. The molecule has 3 aromatic rings. The van der Waals surface area contributed by atoms with Gasteiger partial charge in [-0.05, 0) is 18.2 Å². The zero-order valence-corrected chi connectivity index (χ0v) is 17.1. The fourth-order valence-corrected chi connectivity index (χ4v) is 3.99. The van der Waals surface area contributed by atoms with Crippen LogP contribution in [-0.4, -0.2) is 62.4 Å². The third kappa shape index (κ3) is 4.73. The van der Waals surface area contributed by atoms with Crippen LogP contribution in [0.15, 0.2) is 55.1 Å². The van der Waals surface area contributed by atoms with Crippen LogP contribution in [0, 0.1) is 21.7 Å². The Labute approximate surface area is 182 Å². The number of β-amino-alcohol motifs (C(OH)–C–C–N with tert-alkyl or cyclic N) is 1. The molecule has 1 N–H and O–H groups in total. The first kappa shape index (κ1) is 21.8. The number of rotatable bonds is 7. The first-order chi connectivity index (χ1) is 15.3. The fraction of sp³-hybridized carbons (Fsp3) is 0.333. The van der Waals surface area contributed by atoms with E-state index in [9.17, 15) is 24.0 Å². The number of hydrogen-bond donors (Lipinski definition) is 1. The molecule has 0 spiro atoms. The summed E-state index contributed by atoms with van der Waals surface area (Å²) in [6.07, 6.45) is 2.75. The van der Waals surface area contributed by atoms with Crippen LogP contribution < -0.4 is 4.90 Å². The zero-order valence-electron chi connectivity index (χ0n) is 17.1. The molecular weight excluding hydrogens is 422 g/mol. The third-order valence-electron chi connectivity index (χ3n) is 5.61. The van der Waals surface area contributed by atoms with Crippen LogP contribution in [0.1, 0.15) is 5.56 Å². The van der Waals surface area contributed by atoms with Gasteiger partial charge in [-0.15, -0.1) is 0 Å². The number of aromatic nitrogens is 3. The van der Waals surface area contributed by atoms with E-state index in [2.05, 4.69) is 15.0 Å². The van der Waals surface area contributed by atoms with E-state index < -0.39 is 22.2 Å². The number of nitro groups is 1. The second-order valence-corrected chi connectivity index (χ2v) is 7.79. The monoisotopic (exact) mass is 444 g/mol. The maximum Gasteiger partial charge on any atom is 0.269 e. The maximum atomic E-state index is 14.6. The highest BCUT2D eigenvalue weighted by molar-refractivity contribution is 5.51. The number of benzene rings is 2. The van der Waals surface area contributed by atoms with Crippen LogP contribution in [0.25, 0.3) is 0 Å². The number of piperazine rings is 1. The zero-order chi connectivity index (χ0) is 22.7. The number of nitrogens with zero attached hydrogens (tertiary/aromatic N) is 6. The maximum absolute atomic E-state index is 14.6. The lowest BCUT2D eigenvalue weighted by atomic mass is 9.92. The number of nitro benzene ring substituents is 1. The summed E-state index contributed by atoms with van der Waals surface area (Å²) >= 11 is 0. The van der Waals surface area contributed by atoms with Gasteiger partial charge in [-0.3, -0.25) is 15.0 Å². The molecule has 0 aliphatic carbocycles. The molecule has 0 amide bonds. The molecule has 1 unspecified atom stereocenters. The van der Waals surface area contributed by atoms with Gasteiger partial charge >= 0.3 is 0 Å². The normalized spacial score (nSPS) is 16.7. The number of aliphatic hydroxyl groups is 1. The molecule has 1 aromatic heterocycles. The van der Waals surface area contributed by atoms with Crippen molar-refractivity contribution < 1.29 is 18.8 Å². The minimum atomic E-state index is -1.65. The van der Waals surface area contributed by atoms with Crippen LogP contribution in [0.5, 0.6) is 0 Å². The summed E-state index contributed by atoms with van der Waals surface area (Å²) in [5.41, 5.74) is -0.752. The third-order valence-corrected chi connectivity index (χ3v) is 5.61. The fourth-order valence-electron chi connectivity index (χ4n) is 3.99. The van der Waals surface area contributed by atoms with Crippen LogP contribution >= 0.6 is 0 Å². The molecule has 32 heavy (non-hydrogen) atoms. The van der Waals surface area contributed by atoms with Gasteiger partial charge < -0.3 is 10.0 Å². The summed E-state index contributed by atoms with van der Waals surface area (Å²) in [5, 5.41) is 26.3. The van der Waals surface area contributed by atoms with Crippen molar-refractivity contribution in [2.45, 2.75) is 12.1 Å². The Morgan fingerprint density at radius 1 is 1.06 bits per heavy atom. The van der Waals surface area contributed by atoms with Crippen LogP contribution in [-0.2, 0) is 12.1 Å². The van der Waals surface area contributed by atoms with E-state index in [1.54, 1.807) is 12.1 Å². The van der Waals surface area contributed by atoms with E-state index in [1.807, 2.05) is 4.90 Å². The Balaban J connectivity index is 1.48. The smallest absolute Gasteiger partial charge is 0.269 e. The summed E-state index contributed by atoms with van der Waals surface area (Å²) in [4.78, 5) is 18.4. The molecule has 1 aliphatic heterocycles. The van der Waals surface area contributed by atoms with Gasteiger partial charge in [0.15, 0.2) is 0 Å². The van der Waals surface area contributed by atoms with E-state index >= 15 is 0 Å². The Morgan fingerprint density at radius 2 is 1.78 bits per heavy atom. The molecule has 1 saturated heterocycles. The minimum absolute atomic E-state index is 0.00722. The Morgan fingerprint density at radius 3 is 2.38 bits per heavy atom. The van der Waals surface area contributed by atoms with Crippen LogP contribution in [0.3, 0.4) is 0 Å². The van der Waals surface area contributed by atoms with E-state index in [4.69, 9.17) is 0 Å². The predicted octanol–water partition coefficient (Wildman–Crippen LogP) is 2.17. The summed E-state index contributed by atoms with van der Waals surface area (Å²) in [6.45, 7) is 2.49. The van der Waals surface area contributed by atoms with Crippen molar-refractivity contribution >= 4 is 11.4 Å². The summed E-state index contributed by atoms with van der Waals surface area (Å²) in [7, 11) is 0. The molecule has 0 radical (unpaired) electrons. The van der Waals surface area contributed by atoms with Gasteiger partial charge in [0, 0.05) is 62.2 Å². The molecule has 11 heteroatoms. The molecule has 1 aliphatic rings. The van der Waals surface area contributed by atoms with Crippen molar-refractivity contribution in [1.82, 2.24) is 19.7 Å². The molecule has 2 heterocycles. The highest BCUT2D eigenvalue weighted by atomic mass is 19.1. The van der Waals surface area contributed by atoms with Gasteiger partial charge in [-0.25, -0.2) is 18.4 Å². The van der Waals surface area contributed by atoms with E-state index in [-0.39, 0.29) is 24.3 Å². The van der Waals surface area contributed by atoms with E-state index in [0.29, 0.717) is 26.2 Å². The van der Waals surface area contributed by atoms with Crippen molar-refractivity contribution in [2.75, 3.05) is 37.6 Å². The lowest BCUT2D eigenvalue weighted by molar-refractivity contribution is -0.384. The molecule has 4 rings (SSSR count). The average Bonchev–Trinajstić information content (AvgIpc) is 3.27. The Bertz CT molecular complexity index is 1070. The summed E-state index contributed by atoms with van der Waals surface area (Å²) in [6, 6.07) is 9.50. The summed E-state index contributed by atoms with van der Waals surface area (Å²) < 4.78 is 29.4. The van der Waals surface area contributed by atoms with Crippen molar-refractivity contribution in [3.05, 3.63) is 82.4 Å². The number of halogens is 2. The van der Waals surface area contributed by atoms with Gasteiger partial charge in [-0.1, -0.05) is 6.07 Å². The van der Waals surface area contributed by atoms with E-state index in [0.717, 1.165) is 17.8 Å². The number of anilines is 1. The molecule has 168 valence electrons. The van der Waals surface area contributed by atoms with Crippen molar-refractivity contribution in [1.29, 1.82) is 0 Å². The molecule has 9 nitrogen and oxygen atoms in total. The second kappa shape index (κ2) is 8.97. The summed E-state index contributed by atoms with van der Waals surface area (Å²) in [5.74, 6) is -1.54. The lowest BCUT2D eigenvalue weighted by Crippen LogP contribution is -2.52. The highest BCUT2D eigenvalue weighted by Gasteiger charge is 2.36. The lowest BCUT2D eigenvalue weighted by Gasteiger charge is -2.40. The van der Waals surface area contributed by atoms with Gasteiger partial charge in [0.05, 0.1) is 11.5 Å². The van der Waals surface area contributed by atoms with Crippen molar-refractivity contribution in [3.8, 4) is 0 Å². The van der Waals surface area contributed by atoms with Crippen LogP contribution in [0.2, 0.25) is 0 Å². The Kier molecular flexibility index (Phi) is 6.10. The van der Waals surface area contributed by atoms with Crippen molar-refractivity contribution in [2.24, 2.45) is 0 Å². The topological polar surface area (TPSA) is 101 Å². The number of non-ortho nitro benzene ring substituents is 1. The molecule has 1 fully saturated rings. The van der Waals surface area contributed by atoms with E-state index in [1.165, 1.54) is 35.5 Å². The van der Waals surface area contributed by atoms with Crippen LogP contribution in [0.4, 0.5) is 20.2 Å². The SMILES string of the molecule is O=[N+]([O-])c1ccc(N2CCN(CC(O)(Cn3cncn3)c3ccc(F)cc3F)CC2)cc1. The molecule has 0 bridgehead atoms. The largest absolute Gasteiger partial charge is 0.382 e. The van der Waals surface area contributed by atoms with Gasteiger partial charge in [0.25, 0.3) is 5.69 Å². The van der Waals surface area contributed by atoms with Gasteiger partial charge in [-0.2, -0.15) is 5.10 Å². The molecule has 0 saturated carbocycles. The highest BCUT2D eigenvalue weighted by Crippen LogP contribution is 2.29. The Hall–Kier alpha value is -3.44. The quantitative estimate of drug-likeness (QED) is 0.440. The minimum Gasteiger partial charge on any atom is -0.382 e. The molecule has 2 aromatic carbocycles.